The van der Waals surface area contributed by atoms with Crippen LogP contribution in [0, 0.1) is 0 Å². The monoisotopic (exact) mass is 655 g/mol. The highest BCUT2D eigenvalue weighted by atomic mass is 32.2. The van der Waals surface area contributed by atoms with E-state index in [0.717, 1.165) is 22.5 Å². The zero-order valence-corrected chi connectivity index (χ0v) is 26.2. The molecule has 3 aromatic rings. The van der Waals surface area contributed by atoms with Gasteiger partial charge in [0.1, 0.15) is 21.9 Å². The fourth-order valence-electron chi connectivity index (χ4n) is 4.70. The van der Waals surface area contributed by atoms with E-state index in [4.69, 9.17) is 15.3 Å². The normalized spacial score (nSPS) is 21.2. The second-order valence-corrected chi connectivity index (χ2v) is 13.0. The van der Waals surface area contributed by atoms with Crippen molar-refractivity contribution in [2.45, 2.75) is 22.3 Å². The molecule has 2 unspecified atom stereocenters. The van der Waals surface area contributed by atoms with E-state index in [1.165, 1.54) is 36.0 Å². The van der Waals surface area contributed by atoms with Gasteiger partial charge in [-0.05, 0) is 17.4 Å². The summed E-state index contributed by atoms with van der Waals surface area (Å²) in [6, 6.07) is 18.1. The van der Waals surface area contributed by atoms with E-state index in [1.54, 1.807) is 4.90 Å². The molecular weight excluding hydrogens is 627 g/mol. The summed E-state index contributed by atoms with van der Waals surface area (Å²) in [5.41, 5.74) is 7.28. The predicted octanol–water partition coefficient (Wildman–Crippen LogP) is 2.45. The van der Waals surface area contributed by atoms with Crippen LogP contribution in [0.5, 0.6) is 0 Å². The Morgan fingerprint density at radius 1 is 1.16 bits per heavy atom. The number of hydrogen-bond donors (Lipinski definition) is 2. The minimum Gasteiger partial charge on any atom is -0.466 e. The van der Waals surface area contributed by atoms with Gasteiger partial charge >= 0.3 is 11.9 Å². The number of benzene rings is 2. The zero-order chi connectivity index (χ0) is 31.3. The van der Waals surface area contributed by atoms with Gasteiger partial charge in [0.2, 0.25) is 12.5 Å². The number of methoxy groups -OCH3 is 1. The van der Waals surface area contributed by atoms with Crippen molar-refractivity contribution < 1.29 is 33.5 Å². The molecule has 2 saturated heterocycles. The first-order valence-electron chi connectivity index (χ1n) is 13.3. The smallest absolute Gasteiger partial charge is 0.346 e. The first kappa shape index (κ1) is 31.3. The van der Waals surface area contributed by atoms with Crippen molar-refractivity contribution in [1.82, 2.24) is 15.2 Å². The minimum atomic E-state index is -1.01. The molecule has 2 aromatic carbocycles. The van der Waals surface area contributed by atoms with E-state index in [-0.39, 0.29) is 29.0 Å². The molecule has 0 bridgehead atoms. The lowest BCUT2D eigenvalue weighted by molar-refractivity contribution is -0.155. The van der Waals surface area contributed by atoms with Gasteiger partial charge in [0.25, 0.3) is 5.91 Å². The molecule has 15 heteroatoms. The van der Waals surface area contributed by atoms with Crippen LogP contribution in [0.25, 0.3) is 0 Å². The molecule has 1 aromatic heterocycles. The largest absolute Gasteiger partial charge is 0.466 e. The topological polar surface area (TPSA) is 163 Å². The van der Waals surface area contributed by atoms with E-state index in [0.29, 0.717) is 5.75 Å². The number of fused-ring (bicyclic) bond motifs is 1. The summed E-state index contributed by atoms with van der Waals surface area (Å²) in [4.78, 5) is 62.4. The number of carbonyl (C=O) groups excluding carboxylic acids is 4. The molecule has 0 spiro atoms. The number of β-lactam (4-membered cyclic amide) rings is 1. The molecule has 2 aliphatic rings. The Morgan fingerprint density at radius 3 is 2.39 bits per heavy atom. The van der Waals surface area contributed by atoms with Crippen LogP contribution in [0.4, 0.5) is 5.13 Å². The summed E-state index contributed by atoms with van der Waals surface area (Å²) in [6.45, 7) is -0.401. The average molecular weight is 656 g/mol. The minimum absolute atomic E-state index is 0.123. The van der Waals surface area contributed by atoms with Crippen LogP contribution in [0.2, 0.25) is 0 Å². The van der Waals surface area contributed by atoms with Gasteiger partial charge < -0.3 is 30.3 Å². The van der Waals surface area contributed by atoms with E-state index >= 15 is 0 Å². The number of nitrogens with zero attached hydrogens (tertiary/aromatic N) is 3. The summed E-state index contributed by atoms with van der Waals surface area (Å²) < 4.78 is 9.68. The van der Waals surface area contributed by atoms with Crippen LogP contribution in [0.3, 0.4) is 0 Å². The van der Waals surface area contributed by atoms with Gasteiger partial charge in [0.15, 0.2) is 16.9 Å². The molecule has 44 heavy (non-hydrogen) atoms. The van der Waals surface area contributed by atoms with Crippen molar-refractivity contribution in [2.75, 3.05) is 38.0 Å². The number of esters is 2. The maximum atomic E-state index is 13.8. The number of amides is 2. The molecule has 0 saturated carbocycles. The standard InChI is InChI=1S/C29H29N5O7S3/c1-39-20(35)13-40-33-21(19-14-43-28(30)31-19)24(36)32-22-25(37)34-15-29(42-2,16-44-26(22)34)27(38)41-23(17-9-5-3-6-10-17)18-11-7-4-8-12-18/h3-12,14,22-23,26H,13,15-16H2,1-2H3,(H2,30,31)(H,32,36)/t22?,26-,29?/m1/s1. The second-order valence-electron chi connectivity index (χ2n) is 9.78. The molecule has 0 aliphatic carbocycles. The molecular formula is C29H29N5O7S3. The first-order valence-corrected chi connectivity index (χ1v) is 16.5. The third-order valence-corrected chi connectivity index (χ3v) is 10.7. The molecule has 0 radical (unpaired) electrons. The van der Waals surface area contributed by atoms with Gasteiger partial charge in [0.05, 0.1) is 7.11 Å². The third-order valence-electron chi connectivity index (χ3n) is 7.08. The Morgan fingerprint density at radius 2 is 1.82 bits per heavy atom. The molecule has 12 nitrogen and oxygen atoms in total. The average Bonchev–Trinajstić information content (AvgIpc) is 3.49. The molecule has 3 heterocycles. The van der Waals surface area contributed by atoms with E-state index < -0.39 is 46.7 Å². The number of nitrogens with one attached hydrogen (secondary N) is 1. The number of hydrogen-bond acceptors (Lipinski definition) is 13. The maximum absolute atomic E-state index is 13.8. The molecule has 5 rings (SSSR count). The number of thioether (sulfide) groups is 2. The van der Waals surface area contributed by atoms with Crippen LogP contribution >= 0.6 is 34.9 Å². The number of carbonyl (C=O) groups is 4. The Hall–Kier alpha value is -4.08. The Balaban J connectivity index is 1.28. The number of oxime groups is 1. The second kappa shape index (κ2) is 13.7. The number of nitrogens with two attached hydrogens (primary N) is 1. The van der Waals surface area contributed by atoms with Crippen molar-refractivity contribution in [3.8, 4) is 0 Å². The molecule has 2 aliphatic heterocycles. The predicted molar refractivity (Wildman–Crippen MR) is 168 cm³/mol. The number of thiazole rings is 1. The quantitative estimate of drug-likeness (QED) is 0.135. The summed E-state index contributed by atoms with van der Waals surface area (Å²) in [5.74, 6) is -1.84. The molecule has 2 fully saturated rings. The SMILES string of the molecule is COC(=O)CON=C(C(=O)NC1C(=O)N2CC(SC)(C(=O)OC(c3ccccc3)c3ccccc3)CS[C@H]12)c1csc(N)n1. The van der Waals surface area contributed by atoms with Crippen LogP contribution < -0.4 is 11.1 Å². The zero-order valence-electron chi connectivity index (χ0n) is 23.7. The summed E-state index contributed by atoms with van der Waals surface area (Å²) >= 11 is 3.81. The Labute approximate surface area is 265 Å². The highest BCUT2D eigenvalue weighted by molar-refractivity contribution is 8.04. The fraction of sp³-hybridized carbons (Fsp3) is 0.310. The fourth-order valence-corrected chi connectivity index (χ4v) is 7.79. The molecule has 3 atom stereocenters. The lowest BCUT2D eigenvalue weighted by atomic mass is 10.00. The van der Waals surface area contributed by atoms with Crippen molar-refractivity contribution in [3.05, 3.63) is 82.9 Å². The van der Waals surface area contributed by atoms with Gasteiger partial charge in [-0.3, -0.25) is 14.4 Å². The highest BCUT2D eigenvalue weighted by Crippen LogP contribution is 2.44. The number of nitrogen functional groups attached to an aromatic ring is 1. The van der Waals surface area contributed by atoms with E-state index in [1.807, 2.05) is 66.9 Å². The van der Waals surface area contributed by atoms with Crippen LogP contribution in [0.15, 0.2) is 71.2 Å². The molecule has 2 amide bonds. The lowest BCUT2D eigenvalue weighted by Gasteiger charge is -2.53. The molecule has 3 N–H and O–H groups in total. The van der Waals surface area contributed by atoms with E-state index in [2.05, 4.69) is 20.2 Å². The van der Waals surface area contributed by atoms with Gasteiger partial charge in [-0.15, -0.1) is 34.9 Å². The number of anilines is 1. The van der Waals surface area contributed by atoms with E-state index in [9.17, 15) is 19.2 Å². The summed E-state index contributed by atoms with van der Waals surface area (Å²) in [6.07, 6.45) is 1.21. The summed E-state index contributed by atoms with van der Waals surface area (Å²) in [5, 5.41) is 7.77. The van der Waals surface area contributed by atoms with Crippen molar-refractivity contribution in [3.63, 3.8) is 0 Å². The lowest BCUT2D eigenvalue weighted by Crippen LogP contribution is -2.75. The van der Waals surface area contributed by atoms with Crippen molar-refractivity contribution in [2.24, 2.45) is 5.16 Å². The Kier molecular flexibility index (Phi) is 9.76. The van der Waals surface area contributed by atoms with Gasteiger partial charge in [-0.2, -0.15) is 0 Å². The summed E-state index contributed by atoms with van der Waals surface area (Å²) in [7, 11) is 1.19. The van der Waals surface area contributed by atoms with Crippen molar-refractivity contribution >= 4 is 69.5 Å². The van der Waals surface area contributed by atoms with Crippen molar-refractivity contribution in [1.29, 1.82) is 0 Å². The number of ether oxygens (including phenoxy) is 2. The van der Waals surface area contributed by atoms with Gasteiger partial charge in [0, 0.05) is 17.7 Å². The maximum Gasteiger partial charge on any atom is 0.346 e. The van der Waals surface area contributed by atoms with Gasteiger partial charge in [-0.1, -0.05) is 65.8 Å². The number of rotatable bonds is 11. The Bertz CT molecular complexity index is 1520. The third kappa shape index (κ3) is 6.54. The first-order chi connectivity index (χ1) is 21.3. The highest BCUT2D eigenvalue weighted by Gasteiger charge is 2.58. The van der Waals surface area contributed by atoms with Crippen LogP contribution in [-0.2, 0) is 33.5 Å². The van der Waals surface area contributed by atoms with Crippen LogP contribution in [-0.4, -0.2) is 87.8 Å². The van der Waals surface area contributed by atoms with Crippen LogP contribution in [0.1, 0.15) is 22.9 Å². The van der Waals surface area contributed by atoms with Gasteiger partial charge in [-0.25, -0.2) is 9.78 Å². The number of aromatic nitrogens is 1. The molecule has 230 valence electrons.